The highest BCUT2D eigenvalue weighted by Crippen LogP contribution is 2.25. The Hall–Kier alpha value is -2.21. The zero-order valence-corrected chi connectivity index (χ0v) is 14.8. The SMILES string of the molecule is [C-]#[N+]C([N+]#[C-])=C1C=C(C)N(CCOCS(=O)(=O)ONCCO)C(C)=C1. The van der Waals surface area contributed by atoms with Gasteiger partial charge in [-0.3, -0.25) is 0 Å². The molecular weight excluding hydrogens is 348 g/mol. The molecule has 0 saturated carbocycles. The Kier molecular flexibility index (Phi) is 8.28. The van der Waals surface area contributed by atoms with Crippen molar-refractivity contribution >= 4 is 10.1 Å². The molecule has 0 spiro atoms. The van der Waals surface area contributed by atoms with Gasteiger partial charge in [0.1, 0.15) is 13.1 Å². The lowest BCUT2D eigenvalue weighted by Gasteiger charge is -2.29. The van der Waals surface area contributed by atoms with Gasteiger partial charge in [-0.15, -0.1) is 0 Å². The van der Waals surface area contributed by atoms with Crippen LogP contribution in [0.3, 0.4) is 0 Å². The second-order valence-electron chi connectivity index (χ2n) is 5.01. The molecule has 1 aliphatic heterocycles. The summed E-state index contributed by atoms with van der Waals surface area (Å²) in [4.78, 5) is 8.29. The fourth-order valence-corrected chi connectivity index (χ4v) is 2.71. The largest absolute Gasteiger partial charge is 0.526 e. The molecule has 1 heterocycles. The van der Waals surface area contributed by atoms with Crippen molar-refractivity contribution in [1.29, 1.82) is 0 Å². The van der Waals surface area contributed by atoms with Crippen molar-refractivity contribution in [2.45, 2.75) is 13.8 Å². The third-order valence-corrected chi connectivity index (χ3v) is 3.96. The minimum atomic E-state index is -3.88. The summed E-state index contributed by atoms with van der Waals surface area (Å²) in [6.07, 6.45) is 3.47. The second kappa shape index (κ2) is 9.93. The molecule has 0 unspecified atom stereocenters. The van der Waals surface area contributed by atoms with Crippen LogP contribution >= 0.6 is 0 Å². The fraction of sp³-hybridized carbons (Fsp3) is 0.467. The van der Waals surface area contributed by atoms with Crippen molar-refractivity contribution in [3.8, 4) is 0 Å². The van der Waals surface area contributed by atoms with Gasteiger partial charge in [-0.25, -0.2) is 0 Å². The molecule has 0 aromatic rings. The van der Waals surface area contributed by atoms with E-state index in [0.29, 0.717) is 12.1 Å². The quantitative estimate of drug-likeness (QED) is 0.356. The van der Waals surface area contributed by atoms with E-state index in [9.17, 15) is 8.42 Å². The highest BCUT2D eigenvalue weighted by Gasteiger charge is 2.19. The second-order valence-corrected chi connectivity index (χ2v) is 6.53. The third-order valence-electron chi connectivity index (χ3n) is 3.14. The summed E-state index contributed by atoms with van der Waals surface area (Å²) >= 11 is 0. The van der Waals surface area contributed by atoms with Crippen LogP contribution in [0.4, 0.5) is 0 Å². The van der Waals surface area contributed by atoms with Gasteiger partial charge in [0.2, 0.25) is 0 Å². The zero-order chi connectivity index (χ0) is 18.9. The Labute approximate surface area is 147 Å². The first-order valence-corrected chi connectivity index (χ1v) is 8.88. The van der Waals surface area contributed by atoms with Crippen molar-refractivity contribution in [3.05, 3.63) is 57.8 Å². The maximum Gasteiger partial charge on any atom is 0.526 e. The van der Waals surface area contributed by atoms with E-state index in [-0.39, 0.29) is 25.6 Å². The maximum atomic E-state index is 11.5. The molecule has 0 bridgehead atoms. The third kappa shape index (κ3) is 6.66. The first-order chi connectivity index (χ1) is 11.8. The summed E-state index contributed by atoms with van der Waals surface area (Å²) in [5, 5.41) is 8.54. The summed E-state index contributed by atoms with van der Waals surface area (Å²) in [5.74, 6) is -0.608. The molecule has 9 nitrogen and oxygen atoms in total. The van der Waals surface area contributed by atoms with E-state index in [2.05, 4.69) is 19.5 Å². The first-order valence-electron chi connectivity index (χ1n) is 7.30. The molecule has 0 aromatic carbocycles. The van der Waals surface area contributed by atoms with Crippen LogP contribution in [-0.2, 0) is 19.1 Å². The summed E-state index contributed by atoms with van der Waals surface area (Å²) in [6.45, 7) is 18.0. The van der Waals surface area contributed by atoms with E-state index in [4.69, 9.17) is 23.0 Å². The molecule has 1 rings (SSSR count). The van der Waals surface area contributed by atoms with Gasteiger partial charge in [-0.2, -0.15) is 27.9 Å². The maximum absolute atomic E-state index is 11.5. The van der Waals surface area contributed by atoms with E-state index >= 15 is 0 Å². The Bertz CT molecular complexity index is 718. The van der Waals surface area contributed by atoms with Crippen molar-refractivity contribution in [2.24, 2.45) is 0 Å². The van der Waals surface area contributed by atoms with Crippen molar-refractivity contribution in [1.82, 2.24) is 10.4 Å². The average Bonchev–Trinajstić information content (AvgIpc) is 2.54. The predicted octanol–water partition coefficient (Wildman–Crippen LogP) is 0.977. The lowest BCUT2D eigenvalue weighted by Crippen LogP contribution is -2.29. The molecule has 0 saturated heterocycles. The van der Waals surface area contributed by atoms with Crippen LogP contribution in [0.15, 0.2) is 34.9 Å². The molecule has 0 radical (unpaired) electrons. The lowest BCUT2D eigenvalue weighted by molar-refractivity contribution is 0.128. The summed E-state index contributed by atoms with van der Waals surface area (Å²) in [7, 11) is -3.88. The highest BCUT2D eigenvalue weighted by molar-refractivity contribution is 7.86. The molecule has 0 atom stereocenters. The van der Waals surface area contributed by atoms with Crippen LogP contribution in [0, 0.1) is 13.1 Å². The number of nitrogens with zero attached hydrogens (tertiary/aromatic N) is 3. The van der Waals surface area contributed by atoms with Gasteiger partial charge in [0, 0.05) is 24.5 Å². The summed E-state index contributed by atoms with van der Waals surface area (Å²) in [6, 6.07) is 0. The molecule has 10 heteroatoms. The number of allylic oxidation sites excluding steroid dienone is 5. The van der Waals surface area contributed by atoms with Crippen LogP contribution in [-0.4, -0.2) is 50.7 Å². The van der Waals surface area contributed by atoms with Gasteiger partial charge in [0.15, 0.2) is 5.94 Å². The molecule has 0 aromatic heterocycles. The normalized spacial score (nSPS) is 14.4. The predicted molar refractivity (Wildman–Crippen MR) is 90.4 cm³/mol. The van der Waals surface area contributed by atoms with Gasteiger partial charge < -0.3 is 14.7 Å². The molecule has 136 valence electrons. The Balaban J connectivity index is 2.56. The van der Waals surface area contributed by atoms with Gasteiger partial charge in [0.25, 0.3) is 0 Å². The van der Waals surface area contributed by atoms with E-state index in [0.717, 1.165) is 11.4 Å². The minimum Gasteiger partial charge on any atom is -0.395 e. The molecule has 1 aliphatic rings. The number of aliphatic hydroxyl groups excluding tert-OH is 1. The van der Waals surface area contributed by atoms with Crippen LogP contribution in [0.2, 0.25) is 0 Å². The van der Waals surface area contributed by atoms with Gasteiger partial charge >= 0.3 is 15.9 Å². The minimum absolute atomic E-state index is 0.00592. The van der Waals surface area contributed by atoms with Crippen molar-refractivity contribution < 1.29 is 22.5 Å². The van der Waals surface area contributed by atoms with Crippen molar-refractivity contribution in [3.63, 3.8) is 0 Å². The topological polar surface area (TPSA) is 96.8 Å². The van der Waals surface area contributed by atoms with Crippen LogP contribution < -0.4 is 5.48 Å². The Morgan fingerprint density at radius 2 is 1.88 bits per heavy atom. The van der Waals surface area contributed by atoms with Crippen LogP contribution in [0.1, 0.15) is 13.8 Å². The molecule has 0 fully saturated rings. The number of hydrogen-bond donors (Lipinski definition) is 2. The van der Waals surface area contributed by atoms with Gasteiger partial charge in [0.05, 0.1) is 18.8 Å². The van der Waals surface area contributed by atoms with Crippen LogP contribution in [0.25, 0.3) is 9.69 Å². The lowest BCUT2D eigenvalue weighted by atomic mass is 10.1. The molecule has 25 heavy (non-hydrogen) atoms. The van der Waals surface area contributed by atoms with E-state index < -0.39 is 16.1 Å². The number of aliphatic hydroxyl groups is 1. The molecule has 2 N–H and O–H groups in total. The Morgan fingerprint density at radius 3 is 2.40 bits per heavy atom. The monoisotopic (exact) mass is 368 g/mol. The van der Waals surface area contributed by atoms with E-state index in [1.807, 2.05) is 18.7 Å². The number of hydrogen-bond acceptors (Lipinski definition) is 7. The highest BCUT2D eigenvalue weighted by atomic mass is 32.2. The number of hydroxylamine groups is 1. The Morgan fingerprint density at radius 1 is 1.28 bits per heavy atom. The first kappa shape index (κ1) is 20.8. The van der Waals surface area contributed by atoms with E-state index in [1.165, 1.54) is 0 Å². The number of nitrogens with one attached hydrogen (secondary N) is 1. The van der Waals surface area contributed by atoms with Crippen LogP contribution in [0.5, 0.6) is 0 Å². The van der Waals surface area contributed by atoms with Gasteiger partial charge in [-0.05, 0) is 26.0 Å². The number of rotatable bonds is 9. The molecule has 0 amide bonds. The number of ether oxygens (including phenoxy) is 1. The molecule has 0 aliphatic carbocycles. The summed E-state index contributed by atoms with van der Waals surface area (Å²) < 4.78 is 32.5. The average molecular weight is 368 g/mol. The molecular formula is C15H20N4O5S. The fourth-order valence-electron chi connectivity index (χ4n) is 2.08. The zero-order valence-electron chi connectivity index (χ0n) is 14.0. The standard InChI is InChI=1S/C15H20N4O5S/c1-12-9-14(15(16-3)17-4)10-13(2)19(12)6-8-23-11-25(21,22)24-18-5-7-20/h9-10,18,20H,5-8,11H2,1-2H3. The van der Waals surface area contributed by atoms with E-state index in [1.54, 1.807) is 12.2 Å². The van der Waals surface area contributed by atoms with Crippen molar-refractivity contribution in [2.75, 3.05) is 32.2 Å². The summed E-state index contributed by atoms with van der Waals surface area (Å²) in [5.41, 5.74) is 4.32. The smallest absolute Gasteiger partial charge is 0.395 e. The van der Waals surface area contributed by atoms with Gasteiger partial charge in [-0.1, -0.05) is 0 Å².